The van der Waals surface area contributed by atoms with Crippen LogP contribution in [0.5, 0.6) is 0 Å². The average Bonchev–Trinajstić information content (AvgIpc) is 2.14. The molecule has 1 aliphatic rings. The summed E-state index contributed by atoms with van der Waals surface area (Å²) in [6, 6.07) is 0. The van der Waals surface area contributed by atoms with Crippen LogP contribution in [0.4, 0.5) is 0 Å². The summed E-state index contributed by atoms with van der Waals surface area (Å²) in [4.78, 5) is 0. The molecule has 0 spiro atoms. The van der Waals surface area contributed by atoms with Crippen molar-refractivity contribution in [3.05, 3.63) is 18.1 Å². The fourth-order valence-corrected chi connectivity index (χ4v) is 0.414. The van der Waals surface area contributed by atoms with Gasteiger partial charge >= 0.3 is 0 Å². The van der Waals surface area contributed by atoms with Crippen molar-refractivity contribution < 1.29 is 4.74 Å². The Balaban J connectivity index is 2.68. The summed E-state index contributed by atoms with van der Waals surface area (Å²) in [5.74, 6) is 2.74. The molecule has 2 nitrogen and oxygen atoms in total. The Labute approximate surface area is 41.6 Å². The normalized spacial score (nSPS) is 16.3. The van der Waals surface area contributed by atoms with E-state index >= 15 is 0 Å². The van der Waals surface area contributed by atoms with Gasteiger partial charge in [0.15, 0.2) is 5.76 Å². The van der Waals surface area contributed by atoms with Gasteiger partial charge in [0.1, 0.15) is 0 Å². The number of hydrogen-bond donors (Lipinski definition) is 1. The molecule has 1 rings (SSSR count). The summed E-state index contributed by atoms with van der Waals surface area (Å²) in [6.07, 6.45) is 4.14. The maximum Gasteiger partial charge on any atom is 0.167 e. The number of ether oxygens (including phenoxy) is 1. The molecule has 1 heterocycles. The molecule has 0 aromatic rings. The van der Waals surface area contributed by atoms with Gasteiger partial charge in [0.25, 0.3) is 0 Å². The van der Waals surface area contributed by atoms with Crippen LogP contribution in [0, 0.1) is 5.41 Å². The Morgan fingerprint density at radius 3 is 3.00 bits per heavy atom. The molecule has 0 aliphatic carbocycles. The van der Waals surface area contributed by atoms with Crippen molar-refractivity contribution >= 4 is 5.87 Å². The summed E-state index contributed by atoms with van der Waals surface area (Å²) in [6.45, 7) is 0. The Bertz CT molecular complexity index is 132. The van der Waals surface area contributed by atoms with E-state index in [0.717, 1.165) is 6.42 Å². The summed E-state index contributed by atoms with van der Waals surface area (Å²) in [5, 5.41) is 6.55. The lowest BCUT2D eigenvalue weighted by molar-refractivity contribution is 0.374. The summed E-state index contributed by atoms with van der Waals surface area (Å²) < 4.78 is 4.74. The van der Waals surface area contributed by atoms with Crippen molar-refractivity contribution in [2.75, 3.05) is 0 Å². The van der Waals surface area contributed by atoms with Gasteiger partial charge in [-0.15, -0.1) is 0 Å². The molecular formula is C5H5NO. The van der Waals surface area contributed by atoms with Gasteiger partial charge in [0, 0.05) is 12.3 Å². The highest BCUT2D eigenvalue weighted by Crippen LogP contribution is 2.07. The van der Waals surface area contributed by atoms with Gasteiger partial charge in [0.2, 0.25) is 0 Å². The highest BCUT2D eigenvalue weighted by atomic mass is 16.5. The molecule has 1 N–H and O–H groups in total. The van der Waals surface area contributed by atoms with Crippen molar-refractivity contribution in [2.24, 2.45) is 0 Å². The monoisotopic (exact) mass is 95.0 g/mol. The van der Waals surface area contributed by atoms with E-state index in [1.165, 1.54) is 0 Å². The van der Waals surface area contributed by atoms with E-state index in [4.69, 9.17) is 10.1 Å². The number of rotatable bonds is 0. The van der Waals surface area contributed by atoms with Crippen LogP contribution in [0.3, 0.4) is 0 Å². The number of allylic oxidation sites excluding steroid dienone is 1. The maximum atomic E-state index is 6.55. The van der Waals surface area contributed by atoms with Gasteiger partial charge in [-0.2, -0.15) is 0 Å². The largest absolute Gasteiger partial charge is 0.460 e. The van der Waals surface area contributed by atoms with E-state index in [-0.39, 0.29) is 0 Å². The SMILES string of the molecule is N=C=C1CC=CO1. The first-order valence-corrected chi connectivity index (χ1v) is 2.03. The van der Waals surface area contributed by atoms with Crippen molar-refractivity contribution in [1.82, 2.24) is 0 Å². The predicted molar refractivity (Wildman–Crippen MR) is 26.1 cm³/mol. The zero-order valence-electron chi connectivity index (χ0n) is 3.77. The van der Waals surface area contributed by atoms with Crippen molar-refractivity contribution in [3.8, 4) is 0 Å². The van der Waals surface area contributed by atoms with Gasteiger partial charge in [-0.25, -0.2) is 0 Å². The lowest BCUT2D eigenvalue weighted by Gasteiger charge is -1.85. The van der Waals surface area contributed by atoms with Gasteiger partial charge in [-0.1, -0.05) is 0 Å². The molecule has 0 bridgehead atoms. The van der Waals surface area contributed by atoms with Crippen LogP contribution in [0.1, 0.15) is 6.42 Å². The van der Waals surface area contributed by atoms with E-state index in [9.17, 15) is 0 Å². The van der Waals surface area contributed by atoms with Crippen LogP contribution in [-0.2, 0) is 4.74 Å². The zero-order chi connectivity index (χ0) is 5.11. The lowest BCUT2D eigenvalue weighted by Crippen LogP contribution is -1.73. The number of hydrogen-bond acceptors (Lipinski definition) is 2. The van der Waals surface area contributed by atoms with Crippen LogP contribution in [0.2, 0.25) is 0 Å². The molecule has 1 aliphatic heterocycles. The lowest BCUT2D eigenvalue weighted by atomic mass is 10.4. The summed E-state index contributed by atoms with van der Waals surface area (Å²) in [5.41, 5.74) is 0. The van der Waals surface area contributed by atoms with Gasteiger partial charge in [0.05, 0.1) is 6.26 Å². The first-order chi connectivity index (χ1) is 3.43. The third-order valence-corrected chi connectivity index (χ3v) is 0.749. The molecule has 0 atom stereocenters. The Morgan fingerprint density at radius 1 is 1.86 bits per heavy atom. The van der Waals surface area contributed by atoms with Crippen LogP contribution in [-0.4, -0.2) is 5.87 Å². The van der Waals surface area contributed by atoms with Gasteiger partial charge in [-0.3, -0.25) is 5.41 Å². The molecule has 0 fully saturated rings. The van der Waals surface area contributed by atoms with E-state index in [2.05, 4.69) is 5.87 Å². The van der Waals surface area contributed by atoms with Crippen molar-refractivity contribution in [2.45, 2.75) is 6.42 Å². The van der Waals surface area contributed by atoms with E-state index in [0.29, 0.717) is 5.76 Å². The standard InChI is InChI=1S/C5H5NO/c6-4-5-2-1-3-7-5/h1,3,6H,2H2. The molecule has 0 amide bonds. The second-order valence-electron chi connectivity index (χ2n) is 1.24. The third-order valence-electron chi connectivity index (χ3n) is 0.749. The minimum absolute atomic E-state index is 0.597. The molecule has 0 radical (unpaired) electrons. The molecule has 0 saturated carbocycles. The minimum Gasteiger partial charge on any atom is -0.460 e. The third kappa shape index (κ3) is 0.699. The Morgan fingerprint density at radius 2 is 2.71 bits per heavy atom. The van der Waals surface area contributed by atoms with Crippen molar-refractivity contribution in [3.63, 3.8) is 0 Å². The second kappa shape index (κ2) is 1.63. The maximum absolute atomic E-state index is 6.55. The fourth-order valence-electron chi connectivity index (χ4n) is 0.414. The smallest absolute Gasteiger partial charge is 0.167 e. The zero-order valence-corrected chi connectivity index (χ0v) is 3.77. The van der Waals surface area contributed by atoms with E-state index in [1.807, 2.05) is 6.08 Å². The van der Waals surface area contributed by atoms with Crippen LogP contribution < -0.4 is 0 Å². The summed E-state index contributed by atoms with van der Waals surface area (Å²) >= 11 is 0. The first kappa shape index (κ1) is 4.16. The molecule has 0 saturated heterocycles. The second-order valence-corrected chi connectivity index (χ2v) is 1.24. The molecule has 0 unspecified atom stereocenters. The fraction of sp³-hybridized carbons (Fsp3) is 0.200. The quantitative estimate of drug-likeness (QED) is 0.448. The topological polar surface area (TPSA) is 33.1 Å². The van der Waals surface area contributed by atoms with Crippen LogP contribution in [0.15, 0.2) is 18.1 Å². The summed E-state index contributed by atoms with van der Waals surface area (Å²) in [7, 11) is 0. The Kier molecular flexibility index (Phi) is 0.966. The molecule has 0 aromatic heterocycles. The van der Waals surface area contributed by atoms with Crippen LogP contribution >= 0.6 is 0 Å². The number of nitrogens with one attached hydrogen (secondary N) is 1. The highest BCUT2D eigenvalue weighted by Gasteiger charge is 1.96. The highest BCUT2D eigenvalue weighted by molar-refractivity contribution is 5.53. The average molecular weight is 95.1 g/mol. The predicted octanol–water partition coefficient (Wildman–Crippen LogP) is 1.05. The molecule has 7 heavy (non-hydrogen) atoms. The molecule has 36 valence electrons. The van der Waals surface area contributed by atoms with E-state index in [1.54, 1.807) is 6.26 Å². The van der Waals surface area contributed by atoms with E-state index < -0.39 is 0 Å². The van der Waals surface area contributed by atoms with Crippen LogP contribution in [0.25, 0.3) is 0 Å². The molecule has 0 aromatic carbocycles. The van der Waals surface area contributed by atoms with Gasteiger partial charge < -0.3 is 4.74 Å². The Hall–Kier alpha value is -1.01. The molecule has 2 heteroatoms. The molecular weight excluding hydrogens is 90.1 g/mol. The first-order valence-electron chi connectivity index (χ1n) is 2.03. The minimum atomic E-state index is 0.597. The van der Waals surface area contributed by atoms with Gasteiger partial charge in [-0.05, 0) is 6.08 Å². The van der Waals surface area contributed by atoms with Crippen molar-refractivity contribution in [1.29, 1.82) is 5.41 Å².